The molecule has 0 spiro atoms. The summed E-state index contributed by atoms with van der Waals surface area (Å²) in [6.07, 6.45) is -3.31. The van der Waals surface area contributed by atoms with Gasteiger partial charge in [0.25, 0.3) is 0 Å². The van der Waals surface area contributed by atoms with Crippen LogP contribution in [0.15, 0.2) is 22.7 Å². The molecule has 2 N–H and O–H groups in total. The van der Waals surface area contributed by atoms with Gasteiger partial charge in [-0.05, 0) is 30.2 Å². The lowest BCUT2D eigenvalue weighted by Gasteiger charge is -2.15. The molecule has 0 aliphatic heterocycles. The number of nitrogens with one attached hydrogen (secondary N) is 1. The lowest BCUT2D eigenvalue weighted by molar-refractivity contribution is -0.140. The van der Waals surface area contributed by atoms with Crippen molar-refractivity contribution in [1.29, 1.82) is 0 Å². The first kappa shape index (κ1) is 17.0. The summed E-state index contributed by atoms with van der Waals surface area (Å²) >= 11 is 3.17. The fourth-order valence-electron chi connectivity index (χ4n) is 1.72. The summed E-state index contributed by atoms with van der Waals surface area (Å²) < 4.78 is 38.4. The quantitative estimate of drug-likeness (QED) is 0.817. The Kier molecular flexibility index (Phi) is 6.01. The van der Waals surface area contributed by atoms with Gasteiger partial charge in [0.15, 0.2) is 0 Å². The fourth-order valence-corrected chi connectivity index (χ4v) is 2.11. The first-order valence-electron chi connectivity index (χ1n) is 6.07. The van der Waals surface area contributed by atoms with Gasteiger partial charge in [-0.3, -0.25) is 4.79 Å². The van der Waals surface area contributed by atoms with Gasteiger partial charge in [0, 0.05) is 11.0 Å². The van der Waals surface area contributed by atoms with Gasteiger partial charge < -0.3 is 10.4 Å². The van der Waals surface area contributed by atoms with Crippen LogP contribution in [0.1, 0.15) is 30.9 Å². The highest BCUT2D eigenvalue weighted by molar-refractivity contribution is 9.10. The van der Waals surface area contributed by atoms with E-state index in [-0.39, 0.29) is 6.54 Å². The maximum Gasteiger partial charge on any atom is 0.416 e. The number of carboxylic acid groups (broad SMARTS) is 1. The minimum atomic E-state index is -4.41. The van der Waals surface area contributed by atoms with Crippen molar-refractivity contribution in [2.75, 3.05) is 0 Å². The summed E-state index contributed by atoms with van der Waals surface area (Å²) in [6.45, 7) is 1.90. The van der Waals surface area contributed by atoms with E-state index in [0.717, 1.165) is 12.1 Å². The Labute approximate surface area is 123 Å². The van der Waals surface area contributed by atoms with Crippen LogP contribution in [-0.4, -0.2) is 17.1 Å². The number of carboxylic acids is 1. The Hall–Kier alpha value is -1.08. The molecule has 0 saturated carbocycles. The van der Waals surface area contributed by atoms with Crippen LogP contribution >= 0.6 is 15.9 Å². The van der Waals surface area contributed by atoms with E-state index in [9.17, 15) is 18.0 Å². The number of carbonyl (C=O) groups is 1. The largest absolute Gasteiger partial charge is 0.480 e. The molecular weight excluding hydrogens is 339 g/mol. The third kappa shape index (κ3) is 4.79. The van der Waals surface area contributed by atoms with Crippen molar-refractivity contribution < 1.29 is 23.1 Å². The molecule has 0 radical (unpaired) electrons. The number of benzene rings is 1. The Balaban J connectivity index is 2.84. The average Bonchev–Trinajstić information content (AvgIpc) is 2.34. The van der Waals surface area contributed by atoms with Crippen LogP contribution in [0.4, 0.5) is 13.2 Å². The Morgan fingerprint density at radius 2 is 2.10 bits per heavy atom. The maximum absolute atomic E-state index is 12.6. The van der Waals surface area contributed by atoms with Crippen molar-refractivity contribution in [2.45, 2.75) is 38.5 Å². The molecule has 0 bridgehead atoms. The van der Waals surface area contributed by atoms with E-state index >= 15 is 0 Å². The van der Waals surface area contributed by atoms with E-state index in [1.165, 1.54) is 6.07 Å². The molecule has 0 amide bonds. The summed E-state index contributed by atoms with van der Waals surface area (Å²) in [4.78, 5) is 11.0. The van der Waals surface area contributed by atoms with Gasteiger partial charge in [0.2, 0.25) is 0 Å². The molecule has 7 heteroatoms. The van der Waals surface area contributed by atoms with Crippen molar-refractivity contribution in [3.8, 4) is 0 Å². The van der Waals surface area contributed by atoms with E-state index in [1.807, 2.05) is 6.92 Å². The number of rotatable bonds is 6. The van der Waals surface area contributed by atoms with Crippen LogP contribution in [0.2, 0.25) is 0 Å². The van der Waals surface area contributed by atoms with E-state index in [2.05, 4.69) is 21.2 Å². The number of aliphatic carboxylic acids is 1. The molecule has 3 nitrogen and oxygen atoms in total. The number of halogens is 4. The SMILES string of the molecule is CCCC(NCc1cc(C(F)(F)F)ccc1Br)C(=O)O. The molecule has 1 rings (SSSR count). The van der Waals surface area contributed by atoms with Gasteiger partial charge in [-0.15, -0.1) is 0 Å². The summed E-state index contributed by atoms with van der Waals surface area (Å²) in [5.41, 5.74) is -0.373. The fraction of sp³-hybridized carbons (Fsp3) is 0.462. The average molecular weight is 354 g/mol. The Bertz CT molecular complexity index is 477. The van der Waals surface area contributed by atoms with Crippen LogP contribution in [0, 0.1) is 0 Å². The van der Waals surface area contributed by atoms with Gasteiger partial charge in [-0.2, -0.15) is 13.2 Å². The molecule has 0 heterocycles. The van der Waals surface area contributed by atoms with Crippen LogP contribution in [-0.2, 0) is 17.5 Å². The number of hydrogen-bond donors (Lipinski definition) is 2. The van der Waals surface area contributed by atoms with E-state index in [0.29, 0.717) is 22.9 Å². The summed E-state index contributed by atoms with van der Waals surface area (Å²) in [5, 5.41) is 11.7. The predicted octanol–water partition coefficient (Wildman–Crippen LogP) is 3.81. The minimum absolute atomic E-state index is 0.0570. The second kappa shape index (κ2) is 7.08. The van der Waals surface area contributed by atoms with Crippen LogP contribution < -0.4 is 5.32 Å². The Morgan fingerprint density at radius 3 is 2.60 bits per heavy atom. The highest BCUT2D eigenvalue weighted by Gasteiger charge is 2.30. The molecule has 1 aromatic carbocycles. The van der Waals surface area contributed by atoms with E-state index in [4.69, 9.17) is 5.11 Å². The molecule has 112 valence electrons. The Morgan fingerprint density at radius 1 is 1.45 bits per heavy atom. The third-order valence-electron chi connectivity index (χ3n) is 2.79. The monoisotopic (exact) mass is 353 g/mol. The molecule has 1 atom stereocenters. The number of hydrogen-bond acceptors (Lipinski definition) is 2. The van der Waals surface area contributed by atoms with Crippen molar-refractivity contribution in [3.05, 3.63) is 33.8 Å². The third-order valence-corrected chi connectivity index (χ3v) is 3.56. The second-order valence-corrected chi connectivity index (χ2v) is 5.22. The number of alkyl halides is 3. The first-order valence-corrected chi connectivity index (χ1v) is 6.86. The van der Waals surface area contributed by atoms with Crippen LogP contribution in [0.5, 0.6) is 0 Å². The summed E-state index contributed by atoms with van der Waals surface area (Å²) in [5.74, 6) is -1.00. The zero-order chi connectivity index (χ0) is 15.3. The molecule has 0 fully saturated rings. The maximum atomic E-state index is 12.6. The highest BCUT2D eigenvalue weighted by Crippen LogP contribution is 2.31. The lowest BCUT2D eigenvalue weighted by Crippen LogP contribution is -2.36. The standard InChI is InChI=1S/C13H15BrF3NO2/c1-2-3-11(12(19)20)18-7-8-6-9(13(15,16)17)4-5-10(8)14/h4-6,11,18H,2-3,7H2,1H3,(H,19,20). The highest BCUT2D eigenvalue weighted by atomic mass is 79.9. The smallest absolute Gasteiger partial charge is 0.416 e. The van der Waals surface area contributed by atoms with Crippen molar-refractivity contribution >= 4 is 21.9 Å². The summed E-state index contributed by atoms with van der Waals surface area (Å²) in [6, 6.07) is 2.55. The van der Waals surface area contributed by atoms with Crippen molar-refractivity contribution in [2.24, 2.45) is 0 Å². The topological polar surface area (TPSA) is 49.3 Å². The molecule has 1 aromatic rings. The van der Waals surface area contributed by atoms with Gasteiger partial charge >= 0.3 is 12.1 Å². The molecule has 0 aliphatic rings. The first-order chi connectivity index (χ1) is 9.25. The molecule has 20 heavy (non-hydrogen) atoms. The van der Waals surface area contributed by atoms with Gasteiger partial charge in [-0.25, -0.2) is 0 Å². The lowest BCUT2D eigenvalue weighted by atomic mass is 10.1. The van der Waals surface area contributed by atoms with Crippen LogP contribution in [0.3, 0.4) is 0 Å². The molecular formula is C13H15BrF3NO2. The second-order valence-electron chi connectivity index (χ2n) is 4.36. The normalized spacial score (nSPS) is 13.2. The van der Waals surface area contributed by atoms with Gasteiger partial charge in [-0.1, -0.05) is 29.3 Å². The molecule has 0 aromatic heterocycles. The van der Waals surface area contributed by atoms with Gasteiger partial charge in [0.05, 0.1) is 5.56 Å². The van der Waals surface area contributed by atoms with Crippen molar-refractivity contribution in [1.82, 2.24) is 5.32 Å². The minimum Gasteiger partial charge on any atom is -0.480 e. The summed E-state index contributed by atoms with van der Waals surface area (Å²) in [7, 11) is 0. The zero-order valence-electron chi connectivity index (χ0n) is 10.8. The van der Waals surface area contributed by atoms with E-state index < -0.39 is 23.8 Å². The zero-order valence-corrected chi connectivity index (χ0v) is 12.4. The van der Waals surface area contributed by atoms with Crippen LogP contribution in [0.25, 0.3) is 0 Å². The van der Waals surface area contributed by atoms with Crippen molar-refractivity contribution in [3.63, 3.8) is 0 Å². The van der Waals surface area contributed by atoms with E-state index in [1.54, 1.807) is 0 Å². The van der Waals surface area contributed by atoms with Gasteiger partial charge in [0.1, 0.15) is 6.04 Å². The predicted molar refractivity (Wildman–Crippen MR) is 72.3 cm³/mol. The molecule has 0 saturated heterocycles. The molecule has 0 aliphatic carbocycles. The molecule has 1 unspecified atom stereocenters.